The monoisotopic (exact) mass is 226 g/mol. The number of rotatable bonds is 1. The number of halogens is 1. The Balaban J connectivity index is 2.33. The maximum absolute atomic E-state index is 6.09. The van der Waals surface area contributed by atoms with Crippen LogP contribution in [0.4, 0.5) is 11.6 Å². The zero-order valence-electron chi connectivity index (χ0n) is 8.94. The lowest BCUT2D eigenvalue weighted by Gasteiger charge is -2.23. The first-order chi connectivity index (χ1) is 7.09. The average molecular weight is 227 g/mol. The number of hydrogen-bond donors (Lipinski definition) is 1. The first kappa shape index (κ1) is 10.5. The Labute approximate surface area is 94.5 Å². The molecule has 15 heavy (non-hydrogen) atoms. The molecule has 0 aromatic carbocycles. The highest BCUT2D eigenvalue weighted by molar-refractivity contribution is 6.35. The fourth-order valence-electron chi connectivity index (χ4n) is 2.17. The number of anilines is 2. The van der Waals surface area contributed by atoms with Gasteiger partial charge in [-0.15, -0.1) is 0 Å². The molecule has 1 fully saturated rings. The summed E-state index contributed by atoms with van der Waals surface area (Å²) in [5.41, 5.74) is 5.66. The van der Waals surface area contributed by atoms with Crippen LogP contribution in [-0.2, 0) is 0 Å². The van der Waals surface area contributed by atoms with Crippen molar-refractivity contribution in [3.63, 3.8) is 0 Å². The van der Waals surface area contributed by atoms with Crippen molar-refractivity contribution in [3.8, 4) is 0 Å². The fourth-order valence-corrected chi connectivity index (χ4v) is 2.38. The Bertz CT molecular complexity index is 368. The van der Waals surface area contributed by atoms with Crippen LogP contribution in [0.3, 0.4) is 0 Å². The van der Waals surface area contributed by atoms with Crippen LogP contribution < -0.4 is 10.6 Å². The third kappa shape index (κ3) is 1.86. The highest BCUT2D eigenvalue weighted by atomic mass is 35.5. The topological polar surface area (TPSA) is 55.0 Å². The van der Waals surface area contributed by atoms with Gasteiger partial charge in [-0.1, -0.05) is 18.5 Å². The molecule has 1 saturated heterocycles. The van der Waals surface area contributed by atoms with Crippen molar-refractivity contribution in [1.29, 1.82) is 0 Å². The van der Waals surface area contributed by atoms with E-state index in [4.69, 9.17) is 17.3 Å². The summed E-state index contributed by atoms with van der Waals surface area (Å²) >= 11 is 6.09. The van der Waals surface area contributed by atoms with Crippen LogP contribution >= 0.6 is 11.6 Å². The SMILES string of the molecule is CC1CC(C)N(c2ncnc(N)c2Cl)C1. The van der Waals surface area contributed by atoms with E-state index in [0.29, 0.717) is 22.8 Å². The summed E-state index contributed by atoms with van der Waals surface area (Å²) in [5.74, 6) is 1.79. The van der Waals surface area contributed by atoms with Gasteiger partial charge < -0.3 is 10.6 Å². The highest BCUT2D eigenvalue weighted by Crippen LogP contribution is 2.33. The van der Waals surface area contributed by atoms with Gasteiger partial charge in [0.25, 0.3) is 0 Å². The van der Waals surface area contributed by atoms with Crippen LogP contribution in [0.2, 0.25) is 5.02 Å². The second-order valence-electron chi connectivity index (χ2n) is 4.24. The molecular formula is C10H15ClN4. The molecule has 2 rings (SSSR count). The zero-order chi connectivity index (χ0) is 11.0. The third-order valence-corrected chi connectivity index (χ3v) is 3.22. The molecule has 0 bridgehead atoms. The highest BCUT2D eigenvalue weighted by Gasteiger charge is 2.29. The van der Waals surface area contributed by atoms with Gasteiger partial charge in [-0.25, -0.2) is 9.97 Å². The van der Waals surface area contributed by atoms with Crippen LogP contribution in [0.25, 0.3) is 0 Å². The standard InChI is InChI=1S/C10H15ClN4/c1-6-3-7(2)15(4-6)10-8(11)9(12)13-5-14-10/h5-7H,3-4H2,1-2H3,(H2,12,13,14). The van der Waals surface area contributed by atoms with Crippen molar-refractivity contribution in [3.05, 3.63) is 11.3 Å². The van der Waals surface area contributed by atoms with Gasteiger partial charge in [0.05, 0.1) is 0 Å². The van der Waals surface area contributed by atoms with Gasteiger partial charge in [0.1, 0.15) is 17.2 Å². The maximum Gasteiger partial charge on any atom is 0.153 e. The molecule has 1 aliphatic heterocycles. The van der Waals surface area contributed by atoms with E-state index >= 15 is 0 Å². The molecule has 0 aliphatic carbocycles. The zero-order valence-corrected chi connectivity index (χ0v) is 9.70. The second kappa shape index (κ2) is 3.85. The van der Waals surface area contributed by atoms with Crippen LogP contribution in [0.5, 0.6) is 0 Å². The van der Waals surface area contributed by atoms with Gasteiger partial charge >= 0.3 is 0 Å². The quantitative estimate of drug-likeness (QED) is 0.795. The van der Waals surface area contributed by atoms with E-state index in [1.807, 2.05) is 0 Å². The number of nitrogens with zero attached hydrogens (tertiary/aromatic N) is 3. The Morgan fingerprint density at radius 3 is 2.80 bits per heavy atom. The van der Waals surface area contributed by atoms with Crippen LogP contribution in [0.15, 0.2) is 6.33 Å². The second-order valence-corrected chi connectivity index (χ2v) is 4.62. The van der Waals surface area contributed by atoms with Gasteiger partial charge in [0.2, 0.25) is 0 Å². The van der Waals surface area contributed by atoms with Crippen molar-refractivity contribution in [1.82, 2.24) is 9.97 Å². The van der Waals surface area contributed by atoms with E-state index in [2.05, 4.69) is 28.7 Å². The van der Waals surface area contributed by atoms with Crippen molar-refractivity contribution in [2.24, 2.45) is 5.92 Å². The lowest BCUT2D eigenvalue weighted by Crippen LogP contribution is -2.28. The van der Waals surface area contributed by atoms with Gasteiger partial charge in [0.15, 0.2) is 5.82 Å². The van der Waals surface area contributed by atoms with Crippen molar-refractivity contribution < 1.29 is 0 Å². The van der Waals surface area contributed by atoms with E-state index in [1.165, 1.54) is 12.7 Å². The molecule has 1 aliphatic rings. The summed E-state index contributed by atoms with van der Waals surface area (Å²) in [6, 6.07) is 0.465. The van der Waals surface area contributed by atoms with E-state index in [9.17, 15) is 0 Å². The molecular weight excluding hydrogens is 212 g/mol. The van der Waals surface area contributed by atoms with Gasteiger partial charge in [-0.05, 0) is 19.3 Å². The molecule has 5 heteroatoms. The predicted molar refractivity (Wildman–Crippen MR) is 62.0 cm³/mol. The van der Waals surface area contributed by atoms with E-state index in [-0.39, 0.29) is 0 Å². The van der Waals surface area contributed by atoms with Gasteiger partial charge in [-0.2, -0.15) is 0 Å². The maximum atomic E-state index is 6.09. The van der Waals surface area contributed by atoms with Gasteiger partial charge in [-0.3, -0.25) is 0 Å². The molecule has 82 valence electrons. The third-order valence-electron chi connectivity index (χ3n) is 2.85. The van der Waals surface area contributed by atoms with E-state index < -0.39 is 0 Å². The van der Waals surface area contributed by atoms with Crippen molar-refractivity contribution >= 4 is 23.2 Å². The smallest absolute Gasteiger partial charge is 0.153 e. The molecule has 0 spiro atoms. The van der Waals surface area contributed by atoms with Crippen LogP contribution in [0, 0.1) is 5.92 Å². The van der Waals surface area contributed by atoms with Crippen molar-refractivity contribution in [2.45, 2.75) is 26.3 Å². The Morgan fingerprint density at radius 2 is 2.20 bits per heavy atom. The lowest BCUT2D eigenvalue weighted by molar-refractivity contribution is 0.625. The minimum atomic E-state index is 0.355. The largest absolute Gasteiger partial charge is 0.382 e. The number of nitrogens with two attached hydrogens (primary N) is 1. The lowest BCUT2D eigenvalue weighted by atomic mass is 10.1. The summed E-state index contributed by atoms with van der Waals surface area (Å²) in [6.45, 7) is 5.39. The molecule has 1 aromatic heterocycles. The van der Waals surface area contributed by atoms with Crippen LogP contribution in [-0.4, -0.2) is 22.6 Å². The Hall–Kier alpha value is -1.03. The first-order valence-corrected chi connectivity index (χ1v) is 5.50. The molecule has 2 heterocycles. The number of hydrogen-bond acceptors (Lipinski definition) is 4. The molecule has 0 amide bonds. The molecule has 1 aromatic rings. The molecule has 2 N–H and O–H groups in total. The molecule has 4 nitrogen and oxygen atoms in total. The summed E-state index contributed by atoms with van der Waals surface area (Å²) < 4.78 is 0. The minimum absolute atomic E-state index is 0.355. The average Bonchev–Trinajstić information content (AvgIpc) is 2.50. The summed E-state index contributed by atoms with van der Waals surface area (Å²) in [6.07, 6.45) is 2.63. The predicted octanol–water partition coefficient (Wildman–Crippen LogP) is 1.95. The van der Waals surface area contributed by atoms with Gasteiger partial charge in [0, 0.05) is 12.6 Å². The Morgan fingerprint density at radius 1 is 1.47 bits per heavy atom. The molecule has 0 radical (unpaired) electrons. The molecule has 2 atom stereocenters. The first-order valence-electron chi connectivity index (χ1n) is 5.12. The normalized spacial score (nSPS) is 25.9. The summed E-state index contributed by atoms with van der Waals surface area (Å²) in [5, 5.41) is 0.471. The van der Waals surface area contributed by atoms with Crippen LogP contribution in [0.1, 0.15) is 20.3 Å². The number of nitrogen functional groups attached to an aromatic ring is 1. The number of aromatic nitrogens is 2. The minimum Gasteiger partial charge on any atom is -0.382 e. The fraction of sp³-hybridized carbons (Fsp3) is 0.600. The van der Waals surface area contributed by atoms with E-state index in [0.717, 1.165) is 12.4 Å². The summed E-state index contributed by atoms with van der Waals surface area (Å²) in [4.78, 5) is 10.3. The molecule has 2 unspecified atom stereocenters. The Kier molecular flexibility index (Phi) is 2.69. The summed E-state index contributed by atoms with van der Waals surface area (Å²) in [7, 11) is 0. The van der Waals surface area contributed by atoms with E-state index in [1.54, 1.807) is 0 Å². The molecule has 0 saturated carbocycles. The van der Waals surface area contributed by atoms with Crippen molar-refractivity contribution in [2.75, 3.05) is 17.2 Å².